The Kier molecular flexibility index (Phi) is 14.2. The summed E-state index contributed by atoms with van der Waals surface area (Å²) in [6.45, 7) is 8.42. The van der Waals surface area contributed by atoms with Gasteiger partial charge in [-0.2, -0.15) is 0 Å². The van der Waals surface area contributed by atoms with Crippen LogP contribution in [0.4, 0.5) is 8.78 Å². The highest BCUT2D eigenvalue weighted by atomic mass is 32.2. The molecule has 0 unspecified atom stereocenters. The lowest BCUT2D eigenvalue weighted by atomic mass is 10.1. The number of sulfone groups is 1. The summed E-state index contributed by atoms with van der Waals surface area (Å²) in [6, 6.07) is 7.40. The van der Waals surface area contributed by atoms with E-state index in [9.17, 15) is 22.0 Å². The molecule has 0 saturated heterocycles. The van der Waals surface area contributed by atoms with Gasteiger partial charge in [0.15, 0.2) is 33.0 Å². The Balaban J connectivity index is 1.76. The molecular weight excluding hydrogens is 534 g/mol. The smallest absolute Gasteiger partial charge is 0.198 e. The molecule has 0 bridgehead atoms. The second-order valence-electron chi connectivity index (χ2n) is 8.48. The van der Waals surface area contributed by atoms with Crippen LogP contribution < -0.4 is 4.74 Å². The van der Waals surface area contributed by atoms with Crippen molar-refractivity contribution in [1.29, 1.82) is 0 Å². The van der Waals surface area contributed by atoms with E-state index in [1.165, 1.54) is 37.3 Å². The number of carbonyl (C=O) groups is 1. The molecule has 2 aromatic rings. The number of Topliss-reactive ketones (excluding diaryl/α,β-unsaturated/α-hetero) is 1. The van der Waals surface area contributed by atoms with Gasteiger partial charge in [0.2, 0.25) is 0 Å². The van der Waals surface area contributed by atoms with Crippen LogP contribution in [0.1, 0.15) is 32.8 Å². The van der Waals surface area contributed by atoms with Crippen molar-refractivity contribution in [2.45, 2.75) is 32.1 Å². The molecule has 0 amide bonds. The first-order valence-corrected chi connectivity index (χ1v) is 14.3. The van der Waals surface area contributed by atoms with Crippen molar-refractivity contribution in [1.82, 2.24) is 0 Å². The molecule has 2 rings (SSSR count). The lowest BCUT2D eigenvalue weighted by Gasteiger charge is -2.10. The summed E-state index contributed by atoms with van der Waals surface area (Å²) in [5, 5.41) is 0. The van der Waals surface area contributed by atoms with Crippen LogP contribution in [0.2, 0.25) is 0 Å². The van der Waals surface area contributed by atoms with Crippen LogP contribution >= 0.6 is 0 Å². The van der Waals surface area contributed by atoms with E-state index in [4.69, 9.17) is 23.7 Å². The Morgan fingerprint density at radius 2 is 1.33 bits per heavy atom. The van der Waals surface area contributed by atoms with E-state index < -0.39 is 27.2 Å². The quantitative estimate of drug-likeness (QED) is 0.172. The first-order chi connectivity index (χ1) is 18.6. The summed E-state index contributed by atoms with van der Waals surface area (Å²) in [6.07, 6.45) is 1.67. The number of halogens is 2. The van der Waals surface area contributed by atoms with Crippen molar-refractivity contribution in [3.63, 3.8) is 0 Å². The largest absolute Gasteiger partial charge is 0.451 e. The Morgan fingerprint density at radius 1 is 0.821 bits per heavy atom. The fourth-order valence-electron chi connectivity index (χ4n) is 3.22. The van der Waals surface area contributed by atoms with Crippen LogP contribution in [-0.2, 0) is 33.6 Å². The van der Waals surface area contributed by atoms with Gasteiger partial charge in [-0.25, -0.2) is 17.2 Å². The van der Waals surface area contributed by atoms with E-state index >= 15 is 0 Å². The number of allylic oxidation sites excluding steroid dienone is 1. The van der Waals surface area contributed by atoms with Crippen molar-refractivity contribution in [3.05, 3.63) is 59.2 Å². The van der Waals surface area contributed by atoms with Crippen LogP contribution in [0.25, 0.3) is 6.08 Å². The molecule has 0 aromatic heterocycles. The SMILES string of the molecule is CCOCCOCCOCCOCCCS(=O)(=O)c1ccc(Oc2c(F)cc(/C=C(\C)C(C)=O)cc2F)cc1. The maximum absolute atomic E-state index is 14.5. The fraction of sp³-hybridized carbons (Fsp3) is 0.464. The molecule has 0 heterocycles. The highest BCUT2D eigenvalue weighted by Crippen LogP contribution is 2.30. The van der Waals surface area contributed by atoms with Gasteiger partial charge in [-0.3, -0.25) is 4.79 Å². The molecule has 0 fully saturated rings. The van der Waals surface area contributed by atoms with Gasteiger partial charge < -0.3 is 23.7 Å². The van der Waals surface area contributed by atoms with Gasteiger partial charge in [0.1, 0.15) is 5.75 Å². The van der Waals surface area contributed by atoms with Gasteiger partial charge in [-0.15, -0.1) is 0 Å². The summed E-state index contributed by atoms with van der Waals surface area (Å²) in [4.78, 5) is 11.4. The van der Waals surface area contributed by atoms with Gasteiger partial charge >= 0.3 is 0 Å². The van der Waals surface area contributed by atoms with Crippen molar-refractivity contribution in [2.24, 2.45) is 0 Å². The van der Waals surface area contributed by atoms with E-state index in [2.05, 4.69) is 0 Å². The highest BCUT2D eigenvalue weighted by Gasteiger charge is 2.17. The number of carbonyl (C=O) groups excluding carboxylic acids is 1. The molecule has 0 radical (unpaired) electrons. The molecule has 11 heteroatoms. The van der Waals surface area contributed by atoms with Crippen LogP contribution in [0, 0.1) is 11.6 Å². The first kappa shape index (κ1) is 32.5. The summed E-state index contributed by atoms with van der Waals surface area (Å²) in [5.41, 5.74) is 0.535. The minimum absolute atomic E-state index is 0.0589. The average Bonchev–Trinajstić information content (AvgIpc) is 2.89. The van der Waals surface area contributed by atoms with Crippen LogP contribution in [-0.4, -0.2) is 72.8 Å². The topological polar surface area (TPSA) is 97.4 Å². The molecule has 39 heavy (non-hydrogen) atoms. The molecule has 0 N–H and O–H groups in total. The molecular formula is C28H36F2O8S. The van der Waals surface area contributed by atoms with E-state index in [0.29, 0.717) is 58.2 Å². The third kappa shape index (κ3) is 11.9. The minimum atomic E-state index is -3.58. The summed E-state index contributed by atoms with van der Waals surface area (Å²) < 4.78 is 80.7. The standard InChI is InChI=1S/C28H36F2O8S/c1-4-34-11-12-36-15-16-37-14-13-35-10-5-17-39(32,33)25-8-6-24(7-9-25)38-28-26(29)19-23(20-27(28)30)18-21(2)22(3)31/h6-9,18-20H,4-5,10-17H2,1-3H3/b21-18+. The number of ketones is 1. The predicted octanol–water partition coefficient (Wildman–Crippen LogP) is 5.00. The molecule has 0 atom stereocenters. The molecule has 0 spiro atoms. The van der Waals surface area contributed by atoms with Crippen LogP contribution in [0.5, 0.6) is 11.5 Å². The molecule has 0 saturated carbocycles. The number of hydrogen-bond acceptors (Lipinski definition) is 8. The summed E-state index contributed by atoms with van der Waals surface area (Å²) >= 11 is 0. The van der Waals surface area contributed by atoms with Crippen LogP contribution in [0.15, 0.2) is 46.9 Å². The number of benzene rings is 2. The molecule has 0 aliphatic rings. The molecule has 8 nitrogen and oxygen atoms in total. The van der Waals surface area contributed by atoms with Crippen molar-refractivity contribution >= 4 is 21.7 Å². The Hall–Kier alpha value is -2.70. The van der Waals surface area contributed by atoms with Gasteiger partial charge in [0, 0.05) is 13.2 Å². The van der Waals surface area contributed by atoms with Gasteiger partial charge in [0.25, 0.3) is 0 Å². The Morgan fingerprint density at radius 3 is 1.85 bits per heavy atom. The molecule has 2 aromatic carbocycles. The van der Waals surface area contributed by atoms with E-state index in [0.717, 1.165) is 12.1 Å². The monoisotopic (exact) mass is 570 g/mol. The Bertz CT molecular complexity index is 1160. The van der Waals surface area contributed by atoms with E-state index in [1.54, 1.807) is 6.92 Å². The summed E-state index contributed by atoms with van der Waals surface area (Å²) in [5.74, 6) is -2.80. The second-order valence-corrected chi connectivity index (χ2v) is 10.6. The summed E-state index contributed by atoms with van der Waals surface area (Å²) in [7, 11) is -3.58. The second kappa shape index (κ2) is 17.1. The zero-order valence-corrected chi connectivity index (χ0v) is 23.4. The predicted molar refractivity (Wildman–Crippen MR) is 143 cm³/mol. The van der Waals surface area contributed by atoms with Gasteiger partial charge in [0.05, 0.1) is 50.3 Å². The zero-order valence-electron chi connectivity index (χ0n) is 22.5. The number of hydrogen-bond donors (Lipinski definition) is 0. The lowest BCUT2D eigenvalue weighted by molar-refractivity contribution is -0.113. The molecule has 0 aliphatic carbocycles. The van der Waals surface area contributed by atoms with E-state index in [1.807, 2.05) is 6.92 Å². The van der Waals surface area contributed by atoms with Crippen molar-refractivity contribution in [3.8, 4) is 11.5 Å². The third-order valence-electron chi connectivity index (χ3n) is 5.38. The van der Waals surface area contributed by atoms with Crippen LogP contribution in [0.3, 0.4) is 0 Å². The lowest BCUT2D eigenvalue weighted by Crippen LogP contribution is -2.13. The maximum atomic E-state index is 14.5. The van der Waals surface area contributed by atoms with Gasteiger partial charge in [-0.05, 0) is 80.8 Å². The minimum Gasteiger partial charge on any atom is -0.451 e. The number of rotatable bonds is 19. The molecule has 216 valence electrons. The average molecular weight is 571 g/mol. The zero-order chi connectivity index (χ0) is 28.7. The van der Waals surface area contributed by atoms with Crippen molar-refractivity contribution < 1.29 is 45.7 Å². The third-order valence-corrected chi connectivity index (χ3v) is 7.20. The van der Waals surface area contributed by atoms with Gasteiger partial charge in [-0.1, -0.05) is 0 Å². The molecule has 0 aliphatic heterocycles. The first-order valence-electron chi connectivity index (χ1n) is 12.6. The fourth-order valence-corrected chi connectivity index (χ4v) is 4.50. The highest BCUT2D eigenvalue weighted by molar-refractivity contribution is 7.91. The maximum Gasteiger partial charge on any atom is 0.198 e. The number of ether oxygens (including phenoxy) is 5. The van der Waals surface area contributed by atoms with E-state index in [-0.39, 0.29) is 34.4 Å². The normalized spacial score (nSPS) is 12.1. The van der Waals surface area contributed by atoms with Crippen molar-refractivity contribution in [2.75, 3.05) is 58.6 Å². The Labute approximate surface area is 228 Å².